The van der Waals surface area contributed by atoms with Gasteiger partial charge in [-0.3, -0.25) is 4.79 Å². The number of carbonyl (C=O) groups is 1. The van der Waals surface area contributed by atoms with Crippen LogP contribution in [0.5, 0.6) is 0 Å². The van der Waals surface area contributed by atoms with Gasteiger partial charge in [0.1, 0.15) is 0 Å². The summed E-state index contributed by atoms with van der Waals surface area (Å²) < 4.78 is 24.5. The molecule has 0 aromatic rings. The van der Waals surface area contributed by atoms with Crippen molar-refractivity contribution in [2.75, 3.05) is 25.4 Å². The minimum Gasteiger partial charge on any atom is -0.480 e. The van der Waals surface area contributed by atoms with E-state index in [4.69, 9.17) is 10.8 Å². The monoisotopic (exact) mass is 252 g/mol. The Balaban J connectivity index is 4.80. The van der Waals surface area contributed by atoms with Gasteiger partial charge in [0.15, 0.2) is 5.75 Å². The van der Waals surface area contributed by atoms with Crippen LogP contribution in [0.15, 0.2) is 0 Å². The number of rotatable bonds is 7. The van der Waals surface area contributed by atoms with Crippen molar-refractivity contribution >= 4 is 16.0 Å². The Hall–Kier alpha value is -0.660. The molecule has 0 fully saturated rings. The molecule has 0 atom stereocenters. The molecule has 0 unspecified atom stereocenters. The standard InChI is InChI=1S/C9H20N2O4S/c1-4-11(7-9(2,3)6-10)16(14,15)5-8(12)13/h4-7,10H2,1-3H3,(H,12,13). The minimum atomic E-state index is -3.74. The van der Waals surface area contributed by atoms with Gasteiger partial charge in [0.2, 0.25) is 10.0 Å². The molecule has 0 aliphatic carbocycles. The molecular formula is C9H20N2O4S. The highest BCUT2D eigenvalue weighted by Crippen LogP contribution is 2.17. The summed E-state index contributed by atoms with van der Waals surface area (Å²) in [6.45, 7) is 6.17. The molecular weight excluding hydrogens is 232 g/mol. The van der Waals surface area contributed by atoms with Gasteiger partial charge in [0.05, 0.1) is 0 Å². The molecule has 0 saturated carbocycles. The van der Waals surface area contributed by atoms with E-state index >= 15 is 0 Å². The summed E-state index contributed by atoms with van der Waals surface area (Å²) in [4.78, 5) is 10.4. The quantitative estimate of drug-likeness (QED) is 0.648. The van der Waals surface area contributed by atoms with Gasteiger partial charge in [0, 0.05) is 13.1 Å². The minimum absolute atomic E-state index is 0.232. The van der Waals surface area contributed by atoms with Crippen LogP contribution >= 0.6 is 0 Å². The van der Waals surface area contributed by atoms with Crippen LogP contribution in [0.25, 0.3) is 0 Å². The van der Waals surface area contributed by atoms with E-state index in [9.17, 15) is 13.2 Å². The highest BCUT2D eigenvalue weighted by Gasteiger charge is 2.29. The average Bonchev–Trinajstić information content (AvgIpc) is 2.12. The Labute approximate surface area is 96.5 Å². The third-order valence-corrected chi connectivity index (χ3v) is 3.99. The van der Waals surface area contributed by atoms with E-state index < -0.39 is 21.7 Å². The smallest absolute Gasteiger partial charge is 0.320 e. The van der Waals surface area contributed by atoms with Gasteiger partial charge in [-0.1, -0.05) is 20.8 Å². The lowest BCUT2D eigenvalue weighted by Crippen LogP contribution is -2.43. The van der Waals surface area contributed by atoms with Crippen LogP contribution < -0.4 is 5.73 Å². The second-order valence-corrected chi connectivity index (χ2v) is 6.41. The second kappa shape index (κ2) is 5.60. The topological polar surface area (TPSA) is 101 Å². The number of sulfonamides is 1. The number of hydrogen-bond acceptors (Lipinski definition) is 4. The van der Waals surface area contributed by atoms with Crippen molar-refractivity contribution in [1.82, 2.24) is 4.31 Å². The van der Waals surface area contributed by atoms with Gasteiger partial charge < -0.3 is 10.8 Å². The molecule has 0 aliphatic rings. The molecule has 0 amide bonds. The average molecular weight is 252 g/mol. The first-order valence-electron chi connectivity index (χ1n) is 5.04. The fourth-order valence-corrected chi connectivity index (χ4v) is 2.63. The first-order chi connectivity index (χ1) is 7.14. The van der Waals surface area contributed by atoms with Gasteiger partial charge in [0.25, 0.3) is 0 Å². The van der Waals surface area contributed by atoms with E-state index in [1.807, 2.05) is 13.8 Å². The van der Waals surface area contributed by atoms with Gasteiger partial charge in [-0.2, -0.15) is 0 Å². The fourth-order valence-electron chi connectivity index (χ4n) is 1.20. The van der Waals surface area contributed by atoms with Crippen molar-refractivity contribution < 1.29 is 18.3 Å². The van der Waals surface area contributed by atoms with Crippen molar-refractivity contribution in [1.29, 1.82) is 0 Å². The van der Waals surface area contributed by atoms with Crippen LogP contribution in [0.3, 0.4) is 0 Å². The first kappa shape index (κ1) is 15.3. The largest absolute Gasteiger partial charge is 0.480 e. The summed E-state index contributed by atoms with van der Waals surface area (Å²) in [6.07, 6.45) is 0. The van der Waals surface area contributed by atoms with Crippen LogP contribution in [0.2, 0.25) is 0 Å². The Morgan fingerprint density at radius 1 is 1.44 bits per heavy atom. The number of nitrogens with zero attached hydrogens (tertiary/aromatic N) is 1. The molecule has 0 aliphatic heterocycles. The van der Waals surface area contributed by atoms with Crippen molar-refractivity contribution in [3.05, 3.63) is 0 Å². The van der Waals surface area contributed by atoms with Gasteiger partial charge in [-0.25, -0.2) is 12.7 Å². The molecule has 96 valence electrons. The predicted molar refractivity (Wildman–Crippen MR) is 61.5 cm³/mol. The molecule has 3 N–H and O–H groups in total. The summed E-state index contributed by atoms with van der Waals surface area (Å²) in [7, 11) is -3.74. The second-order valence-electron chi connectivity index (χ2n) is 4.44. The highest BCUT2D eigenvalue weighted by atomic mass is 32.2. The lowest BCUT2D eigenvalue weighted by atomic mass is 9.94. The zero-order chi connectivity index (χ0) is 13.0. The Morgan fingerprint density at radius 3 is 2.25 bits per heavy atom. The molecule has 0 aromatic carbocycles. The summed E-state index contributed by atoms with van der Waals surface area (Å²) in [5.74, 6) is -2.22. The number of nitrogens with two attached hydrogens (primary N) is 1. The summed E-state index contributed by atoms with van der Waals surface area (Å²) >= 11 is 0. The summed E-state index contributed by atoms with van der Waals surface area (Å²) in [6, 6.07) is 0. The Kier molecular flexibility index (Phi) is 5.37. The van der Waals surface area contributed by atoms with E-state index in [1.54, 1.807) is 6.92 Å². The lowest BCUT2D eigenvalue weighted by molar-refractivity contribution is -0.134. The Morgan fingerprint density at radius 2 is 1.94 bits per heavy atom. The molecule has 0 spiro atoms. The van der Waals surface area contributed by atoms with Crippen molar-refractivity contribution in [2.45, 2.75) is 20.8 Å². The number of aliphatic carboxylic acids is 1. The number of carboxylic acids is 1. The highest BCUT2D eigenvalue weighted by molar-refractivity contribution is 7.89. The van der Waals surface area contributed by atoms with E-state index in [-0.39, 0.29) is 18.5 Å². The number of hydrogen-bond donors (Lipinski definition) is 2. The van der Waals surface area contributed by atoms with Crippen molar-refractivity contribution in [2.24, 2.45) is 11.1 Å². The maximum Gasteiger partial charge on any atom is 0.320 e. The maximum atomic E-state index is 11.7. The van der Waals surface area contributed by atoms with Crippen LogP contribution in [0.4, 0.5) is 0 Å². The first-order valence-corrected chi connectivity index (χ1v) is 6.65. The van der Waals surface area contributed by atoms with E-state index in [2.05, 4.69) is 0 Å². The molecule has 0 heterocycles. The third-order valence-electron chi connectivity index (χ3n) is 2.21. The van der Waals surface area contributed by atoms with E-state index in [0.717, 1.165) is 4.31 Å². The molecule has 7 heteroatoms. The molecule has 0 saturated heterocycles. The lowest BCUT2D eigenvalue weighted by Gasteiger charge is -2.29. The molecule has 0 radical (unpaired) electrons. The summed E-state index contributed by atoms with van der Waals surface area (Å²) in [5, 5.41) is 8.52. The fraction of sp³-hybridized carbons (Fsp3) is 0.889. The molecule has 0 rings (SSSR count). The molecule has 0 bridgehead atoms. The van der Waals surface area contributed by atoms with Crippen LogP contribution in [0, 0.1) is 5.41 Å². The van der Waals surface area contributed by atoms with Crippen molar-refractivity contribution in [3.8, 4) is 0 Å². The zero-order valence-electron chi connectivity index (χ0n) is 9.93. The predicted octanol–water partition coefficient (Wildman–Crippen LogP) is -0.292. The Bertz CT molecular complexity index is 337. The van der Waals surface area contributed by atoms with Crippen LogP contribution in [-0.4, -0.2) is 49.2 Å². The van der Waals surface area contributed by atoms with Gasteiger partial charge in [-0.15, -0.1) is 0 Å². The third kappa shape index (κ3) is 4.91. The SMILES string of the molecule is CCN(CC(C)(C)CN)S(=O)(=O)CC(=O)O. The van der Waals surface area contributed by atoms with E-state index in [0.29, 0.717) is 6.54 Å². The normalized spacial score (nSPS) is 13.1. The van der Waals surface area contributed by atoms with Crippen LogP contribution in [-0.2, 0) is 14.8 Å². The van der Waals surface area contributed by atoms with Gasteiger partial charge in [-0.05, 0) is 12.0 Å². The van der Waals surface area contributed by atoms with E-state index in [1.165, 1.54) is 0 Å². The summed E-state index contributed by atoms with van der Waals surface area (Å²) in [5.41, 5.74) is 5.16. The van der Waals surface area contributed by atoms with Gasteiger partial charge >= 0.3 is 5.97 Å². The number of carboxylic acid groups (broad SMARTS) is 1. The van der Waals surface area contributed by atoms with Crippen LogP contribution in [0.1, 0.15) is 20.8 Å². The molecule has 16 heavy (non-hydrogen) atoms. The molecule has 0 aromatic heterocycles. The zero-order valence-corrected chi connectivity index (χ0v) is 10.7. The van der Waals surface area contributed by atoms with Crippen molar-refractivity contribution in [3.63, 3.8) is 0 Å². The maximum absolute atomic E-state index is 11.7. The molecule has 6 nitrogen and oxygen atoms in total.